The third-order valence-corrected chi connectivity index (χ3v) is 18.6. The Kier molecular flexibility index (Phi) is 10.7. The number of para-hydroxylation sites is 2. The predicted octanol–water partition coefficient (Wildman–Crippen LogP) is 17.9. The molecule has 0 amide bonds. The molecule has 15 aromatic rings. The second-order valence-electron chi connectivity index (χ2n) is 23.9. The van der Waals surface area contributed by atoms with Crippen molar-refractivity contribution >= 4 is 61.5 Å². The van der Waals surface area contributed by atoms with Gasteiger partial charge in [0.15, 0.2) is 11.6 Å². The molecule has 5 heterocycles. The molecule has 5 aromatic heterocycles. The van der Waals surface area contributed by atoms with Crippen molar-refractivity contribution in [3.8, 4) is 84.6 Å². The van der Waals surface area contributed by atoms with E-state index in [-0.39, 0.29) is 16.5 Å². The summed E-state index contributed by atoms with van der Waals surface area (Å²) in [6.07, 6.45) is 1.86. The number of pyridine rings is 1. The molecule has 0 fully saturated rings. The predicted molar refractivity (Wildman–Crippen MR) is 351 cm³/mol. The van der Waals surface area contributed by atoms with Gasteiger partial charge in [-0.2, -0.15) is 9.97 Å². The van der Waals surface area contributed by atoms with Gasteiger partial charge in [0.2, 0.25) is 4.77 Å². The monoisotopic (exact) mass is 1120 g/mol. The SMILES string of the molecule is CC1(C)c2ccccc2-c2cc3c4ccccc4n(-c4ccc(-c5nc(-c6ccccc6)n(-c6cccc(-c7ccc8c(c7)-c7cc9c%10ccccc%10n(-c%10ccc%11nc(-c%12ccccc%12)nc(=O)n%11c%10)c9cc7C8(C)C)c6)c(=S)n5)cc4)c3cc21. The molecule has 0 saturated heterocycles. The minimum absolute atomic E-state index is 0.127. The van der Waals surface area contributed by atoms with Gasteiger partial charge in [0, 0.05) is 60.9 Å². The van der Waals surface area contributed by atoms with Crippen LogP contribution in [0.15, 0.2) is 248 Å². The molecule has 0 spiro atoms. The highest BCUT2D eigenvalue weighted by atomic mass is 32.1. The van der Waals surface area contributed by atoms with E-state index < -0.39 is 0 Å². The van der Waals surface area contributed by atoms with Crippen molar-refractivity contribution in [3.05, 3.63) is 280 Å². The van der Waals surface area contributed by atoms with Crippen molar-refractivity contribution in [1.29, 1.82) is 0 Å². The van der Waals surface area contributed by atoms with E-state index in [0.717, 1.165) is 72.2 Å². The number of fused-ring (bicyclic) bond motifs is 13. The molecule has 2 aliphatic rings. The van der Waals surface area contributed by atoms with E-state index in [1.807, 2.05) is 71.4 Å². The fourth-order valence-corrected chi connectivity index (χ4v) is 14.4. The van der Waals surface area contributed by atoms with E-state index in [4.69, 9.17) is 27.2 Å². The molecule has 0 atom stereocenters. The Hall–Kier alpha value is -10.7. The summed E-state index contributed by atoms with van der Waals surface area (Å²) in [4.78, 5) is 33.3. The minimum atomic E-state index is -0.380. The zero-order valence-corrected chi connectivity index (χ0v) is 48.3. The number of aromatic nitrogens is 8. The number of nitrogens with zero attached hydrogens (tertiary/aromatic N) is 8. The van der Waals surface area contributed by atoms with Gasteiger partial charge < -0.3 is 9.13 Å². The van der Waals surface area contributed by atoms with Crippen molar-refractivity contribution < 1.29 is 0 Å². The summed E-state index contributed by atoms with van der Waals surface area (Å²) >= 11 is 6.32. The van der Waals surface area contributed by atoms with Crippen LogP contribution < -0.4 is 5.69 Å². The van der Waals surface area contributed by atoms with Gasteiger partial charge in [0.25, 0.3) is 0 Å². The maximum absolute atomic E-state index is 13.7. The largest absolute Gasteiger partial charge is 0.355 e. The van der Waals surface area contributed by atoms with E-state index in [9.17, 15) is 4.79 Å². The van der Waals surface area contributed by atoms with E-state index in [0.29, 0.717) is 27.9 Å². The highest BCUT2D eigenvalue weighted by Gasteiger charge is 2.38. The Morgan fingerprint density at radius 2 is 0.872 bits per heavy atom. The molecule has 9 nitrogen and oxygen atoms in total. The summed E-state index contributed by atoms with van der Waals surface area (Å²) in [5.74, 6) is 1.67. The highest BCUT2D eigenvalue weighted by Crippen LogP contribution is 2.53. The fraction of sp³-hybridized carbons (Fsp3) is 0.0789. The first kappa shape index (κ1) is 49.9. The molecule has 0 aliphatic heterocycles. The van der Waals surface area contributed by atoms with Crippen molar-refractivity contribution in [2.24, 2.45) is 0 Å². The molecule has 0 bridgehead atoms. The van der Waals surface area contributed by atoms with Crippen molar-refractivity contribution in [1.82, 2.24) is 38.0 Å². The zero-order valence-electron chi connectivity index (χ0n) is 47.5. The average molecular weight is 1130 g/mol. The Balaban J connectivity index is 0.736. The fourth-order valence-electron chi connectivity index (χ4n) is 14.1. The van der Waals surface area contributed by atoms with Crippen LogP contribution in [0.25, 0.3) is 134 Å². The number of rotatable bonds is 7. The summed E-state index contributed by atoms with van der Waals surface area (Å²) in [7, 11) is 0. The lowest BCUT2D eigenvalue weighted by Gasteiger charge is -2.22. The van der Waals surface area contributed by atoms with Crippen LogP contribution in [-0.2, 0) is 10.8 Å². The molecule has 0 unspecified atom stereocenters. The third kappa shape index (κ3) is 7.36. The maximum Gasteiger partial charge on any atom is 0.355 e. The molecular weight excluding hydrogens is 1070 g/mol. The first-order chi connectivity index (χ1) is 42.0. The van der Waals surface area contributed by atoms with E-state index in [1.165, 1.54) is 60.8 Å². The molecule has 86 heavy (non-hydrogen) atoms. The number of hydrogen-bond acceptors (Lipinski definition) is 6. The topological polar surface area (TPSA) is 87.8 Å². The Morgan fingerprint density at radius 3 is 1.57 bits per heavy atom. The molecule has 0 saturated carbocycles. The summed E-state index contributed by atoms with van der Waals surface area (Å²) in [6, 6.07) is 83.4. The number of benzene rings is 10. The average Bonchev–Trinajstić information content (AvgIpc) is 2.16. The van der Waals surface area contributed by atoms with E-state index in [2.05, 4.69) is 218 Å². The van der Waals surface area contributed by atoms with Gasteiger partial charge in [-0.25, -0.2) is 19.2 Å². The minimum Gasteiger partial charge on any atom is -0.309 e. The molecule has 0 radical (unpaired) electrons. The molecular formula is C76H52N8OS. The second kappa shape index (κ2) is 18.4. The smallest absolute Gasteiger partial charge is 0.309 e. The second-order valence-corrected chi connectivity index (χ2v) is 24.2. The summed E-state index contributed by atoms with van der Waals surface area (Å²) in [6.45, 7) is 9.31. The Morgan fingerprint density at radius 1 is 0.349 bits per heavy atom. The van der Waals surface area contributed by atoms with Crippen LogP contribution in [0.4, 0.5) is 0 Å². The van der Waals surface area contributed by atoms with Gasteiger partial charge in [0.05, 0.1) is 33.4 Å². The molecule has 408 valence electrons. The van der Waals surface area contributed by atoms with Crippen LogP contribution in [0.3, 0.4) is 0 Å². The molecule has 10 heteroatoms. The lowest BCUT2D eigenvalue weighted by molar-refractivity contribution is 0.661. The standard InChI is InChI=1S/C76H52N8OS/c1-75(2)61-27-14-11-24-53(61)57-40-59-54-25-12-15-28-65(54)82(67(59)42-63(57)75)50-33-30-46(31-34-50)71-78-72(47-20-9-6-10-21-47)84(74(86)80-71)51-23-17-22-48(38-51)49-32-36-62-56(39-49)58-41-60-55-26-13-16-29-66(55)83(68(60)43-64(58)76(62,3)4)52-35-37-69-77-70(45-18-7-5-8-19-45)79-73(85)81(69)44-52/h5-44H,1-4H3. The Bertz CT molecular complexity index is 5520. The van der Waals surface area contributed by atoms with Crippen LogP contribution in [-0.4, -0.2) is 38.0 Å². The molecule has 10 aromatic carbocycles. The third-order valence-electron chi connectivity index (χ3n) is 18.3. The van der Waals surface area contributed by atoms with E-state index in [1.54, 1.807) is 4.40 Å². The van der Waals surface area contributed by atoms with E-state index >= 15 is 0 Å². The normalized spacial score (nSPS) is 13.6. The van der Waals surface area contributed by atoms with Crippen molar-refractivity contribution in [2.45, 2.75) is 38.5 Å². The van der Waals surface area contributed by atoms with Crippen LogP contribution in [0.1, 0.15) is 49.9 Å². The Labute approximate surface area is 500 Å². The lowest BCUT2D eigenvalue weighted by Crippen LogP contribution is -2.19. The van der Waals surface area contributed by atoms with Crippen molar-refractivity contribution in [3.63, 3.8) is 0 Å². The van der Waals surface area contributed by atoms with Gasteiger partial charge >= 0.3 is 5.69 Å². The molecule has 0 N–H and O–H groups in total. The first-order valence-electron chi connectivity index (χ1n) is 29.1. The quantitative estimate of drug-likeness (QED) is 0.148. The summed E-state index contributed by atoms with van der Waals surface area (Å²) < 4.78 is 8.60. The molecule has 2 aliphatic carbocycles. The summed E-state index contributed by atoms with van der Waals surface area (Å²) in [5.41, 5.74) is 21.9. The van der Waals surface area contributed by atoms with Crippen LogP contribution in [0.2, 0.25) is 0 Å². The van der Waals surface area contributed by atoms with Crippen LogP contribution in [0.5, 0.6) is 0 Å². The summed E-state index contributed by atoms with van der Waals surface area (Å²) in [5, 5.41) is 4.71. The maximum atomic E-state index is 13.7. The van der Waals surface area contributed by atoms with Crippen LogP contribution in [0, 0.1) is 4.77 Å². The van der Waals surface area contributed by atoms with Gasteiger partial charge in [-0.15, -0.1) is 0 Å². The van der Waals surface area contributed by atoms with Gasteiger partial charge in [-0.1, -0.05) is 173 Å². The van der Waals surface area contributed by atoms with Gasteiger partial charge in [-0.05, 0) is 159 Å². The zero-order chi connectivity index (χ0) is 57.7. The van der Waals surface area contributed by atoms with Crippen molar-refractivity contribution in [2.75, 3.05) is 0 Å². The first-order valence-corrected chi connectivity index (χ1v) is 29.5. The van der Waals surface area contributed by atoms with Gasteiger partial charge in [-0.3, -0.25) is 4.57 Å². The van der Waals surface area contributed by atoms with Gasteiger partial charge in [0.1, 0.15) is 11.5 Å². The highest BCUT2D eigenvalue weighted by molar-refractivity contribution is 7.71. The van der Waals surface area contributed by atoms with Crippen LogP contribution >= 0.6 is 12.2 Å². The lowest BCUT2D eigenvalue weighted by atomic mass is 9.82. The molecule has 17 rings (SSSR count). The number of hydrogen-bond donors (Lipinski definition) is 0.